The highest BCUT2D eigenvalue weighted by atomic mass is 16.2. The number of amides is 2. The Labute approximate surface area is 162 Å². The van der Waals surface area contributed by atoms with Crippen molar-refractivity contribution in [1.29, 1.82) is 0 Å². The van der Waals surface area contributed by atoms with Crippen molar-refractivity contribution in [2.75, 3.05) is 10.6 Å². The molecule has 0 fully saturated rings. The molecule has 2 N–H and O–H groups in total. The van der Waals surface area contributed by atoms with Gasteiger partial charge in [-0.15, -0.1) is 0 Å². The van der Waals surface area contributed by atoms with Gasteiger partial charge in [-0.05, 0) is 42.8 Å². The first-order valence-electron chi connectivity index (χ1n) is 9.00. The summed E-state index contributed by atoms with van der Waals surface area (Å²) in [6, 6.07) is 12.2. The van der Waals surface area contributed by atoms with Crippen LogP contribution in [-0.2, 0) is 16.1 Å². The zero-order valence-corrected chi connectivity index (χ0v) is 16.0. The fourth-order valence-electron chi connectivity index (χ4n) is 2.73. The fourth-order valence-corrected chi connectivity index (χ4v) is 2.73. The Morgan fingerprint density at radius 2 is 1.68 bits per heavy atom. The Morgan fingerprint density at radius 1 is 1.04 bits per heavy atom. The number of rotatable bonds is 5. The fraction of sp³-hybridized carbons (Fsp3) is 0.238. The van der Waals surface area contributed by atoms with Gasteiger partial charge in [0.15, 0.2) is 0 Å². The van der Waals surface area contributed by atoms with E-state index in [0.29, 0.717) is 22.3 Å². The molecule has 0 bridgehead atoms. The summed E-state index contributed by atoms with van der Waals surface area (Å²) in [5.74, 6) is -0.526. The van der Waals surface area contributed by atoms with Gasteiger partial charge in [0, 0.05) is 17.3 Å². The van der Waals surface area contributed by atoms with Gasteiger partial charge in [0.05, 0.1) is 17.2 Å². The van der Waals surface area contributed by atoms with E-state index < -0.39 is 0 Å². The second-order valence-corrected chi connectivity index (χ2v) is 6.92. The van der Waals surface area contributed by atoms with E-state index in [-0.39, 0.29) is 29.8 Å². The number of aromatic nitrogens is 2. The molecule has 0 aliphatic rings. The van der Waals surface area contributed by atoms with Gasteiger partial charge in [-0.25, -0.2) is 4.98 Å². The van der Waals surface area contributed by atoms with Crippen molar-refractivity contribution in [1.82, 2.24) is 9.55 Å². The van der Waals surface area contributed by atoms with E-state index >= 15 is 0 Å². The number of hydrogen-bond acceptors (Lipinski definition) is 4. The lowest BCUT2D eigenvalue weighted by atomic mass is 10.1. The van der Waals surface area contributed by atoms with Crippen molar-refractivity contribution in [2.45, 2.75) is 27.3 Å². The van der Waals surface area contributed by atoms with E-state index in [2.05, 4.69) is 15.6 Å². The first kappa shape index (κ1) is 19.3. The van der Waals surface area contributed by atoms with Gasteiger partial charge in [-0.2, -0.15) is 0 Å². The molecular formula is C21H22N4O3. The zero-order chi connectivity index (χ0) is 20.3. The van der Waals surface area contributed by atoms with Gasteiger partial charge in [-0.1, -0.05) is 26.0 Å². The van der Waals surface area contributed by atoms with Gasteiger partial charge >= 0.3 is 0 Å². The summed E-state index contributed by atoms with van der Waals surface area (Å²) in [6.45, 7) is 5.38. The second-order valence-electron chi connectivity index (χ2n) is 6.92. The number of para-hydroxylation sites is 1. The number of fused-ring (bicyclic) bond motifs is 1. The Kier molecular flexibility index (Phi) is 5.54. The maximum absolute atomic E-state index is 12.6. The Balaban J connectivity index is 1.69. The number of hydrogen-bond donors (Lipinski definition) is 2. The number of carbonyl (C=O) groups excluding carboxylic acids is 2. The third-order valence-corrected chi connectivity index (χ3v) is 4.33. The van der Waals surface area contributed by atoms with Crippen molar-refractivity contribution in [3.8, 4) is 0 Å². The highest BCUT2D eigenvalue weighted by Crippen LogP contribution is 2.15. The molecule has 0 spiro atoms. The highest BCUT2D eigenvalue weighted by Gasteiger charge is 2.10. The van der Waals surface area contributed by atoms with Crippen molar-refractivity contribution < 1.29 is 9.59 Å². The minimum Gasteiger partial charge on any atom is -0.326 e. The smallest absolute Gasteiger partial charge is 0.261 e. The van der Waals surface area contributed by atoms with Crippen LogP contribution in [0.15, 0.2) is 53.6 Å². The van der Waals surface area contributed by atoms with Crippen molar-refractivity contribution in [3.63, 3.8) is 0 Å². The van der Waals surface area contributed by atoms with Crippen LogP contribution < -0.4 is 16.2 Å². The lowest BCUT2D eigenvalue weighted by Crippen LogP contribution is -2.28. The average molecular weight is 378 g/mol. The molecule has 0 saturated carbocycles. The molecule has 144 valence electrons. The Hall–Kier alpha value is -3.48. The summed E-state index contributed by atoms with van der Waals surface area (Å²) in [4.78, 5) is 40.9. The molecule has 0 saturated heterocycles. The maximum Gasteiger partial charge on any atom is 0.261 e. The molecule has 1 aromatic heterocycles. The normalized spacial score (nSPS) is 10.9. The summed E-state index contributed by atoms with van der Waals surface area (Å²) < 4.78 is 1.29. The van der Waals surface area contributed by atoms with E-state index in [4.69, 9.17) is 0 Å². The lowest BCUT2D eigenvalue weighted by Gasteiger charge is -2.10. The van der Waals surface area contributed by atoms with E-state index in [1.165, 1.54) is 10.9 Å². The standard InChI is InChI=1S/C21H22N4O3/c1-13(2)20(27)24-16-9-7-15(8-10-16)23-18(26)11-25-12-22-19-14(3)5-4-6-17(19)21(25)28/h4-10,12-13H,11H2,1-3H3,(H,23,26)(H,24,27). The molecule has 28 heavy (non-hydrogen) atoms. The Bertz CT molecular complexity index is 1080. The third kappa shape index (κ3) is 4.25. The zero-order valence-electron chi connectivity index (χ0n) is 16.0. The predicted molar refractivity (Wildman–Crippen MR) is 109 cm³/mol. The molecule has 3 aromatic rings. The third-order valence-electron chi connectivity index (χ3n) is 4.33. The van der Waals surface area contributed by atoms with Gasteiger partial charge in [0.2, 0.25) is 11.8 Å². The van der Waals surface area contributed by atoms with Gasteiger partial charge in [0.25, 0.3) is 5.56 Å². The molecule has 3 rings (SSSR count). The molecule has 2 amide bonds. The molecule has 7 nitrogen and oxygen atoms in total. The summed E-state index contributed by atoms with van der Waals surface area (Å²) in [5.41, 5.74) is 2.53. The van der Waals surface area contributed by atoms with E-state index in [1.807, 2.05) is 26.8 Å². The van der Waals surface area contributed by atoms with Crippen molar-refractivity contribution in [3.05, 3.63) is 64.7 Å². The van der Waals surface area contributed by atoms with Crippen molar-refractivity contribution in [2.24, 2.45) is 5.92 Å². The number of nitrogens with one attached hydrogen (secondary N) is 2. The van der Waals surface area contributed by atoms with Crippen molar-refractivity contribution >= 4 is 34.1 Å². The number of benzene rings is 2. The minimum atomic E-state index is -0.338. The first-order chi connectivity index (χ1) is 13.3. The van der Waals surface area contributed by atoms with Crippen LogP contribution in [0.4, 0.5) is 11.4 Å². The van der Waals surface area contributed by atoms with Gasteiger partial charge in [-0.3, -0.25) is 19.0 Å². The number of nitrogens with zero attached hydrogens (tertiary/aromatic N) is 2. The predicted octanol–water partition coefficient (Wildman–Crippen LogP) is 2.94. The summed E-state index contributed by atoms with van der Waals surface area (Å²) >= 11 is 0. The first-order valence-corrected chi connectivity index (χ1v) is 9.00. The Morgan fingerprint density at radius 3 is 2.32 bits per heavy atom. The number of carbonyl (C=O) groups is 2. The van der Waals surface area contributed by atoms with Crippen LogP contribution in [0.1, 0.15) is 19.4 Å². The van der Waals surface area contributed by atoms with E-state index in [0.717, 1.165) is 5.56 Å². The monoisotopic (exact) mass is 378 g/mol. The summed E-state index contributed by atoms with van der Waals surface area (Å²) in [6.07, 6.45) is 1.39. The molecular weight excluding hydrogens is 356 g/mol. The van der Waals surface area contributed by atoms with Crippen LogP contribution in [0, 0.1) is 12.8 Å². The summed E-state index contributed by atoms with van der Waals surface area (Å²) in [7, 11) is 0. The average Bonchev–Trinajstić information content (AvgIpc) is 2.66. The topological polar surface area (TPSA) is 93.1 Å². The summed E-state index contributed by atoms with van der Waals surface area (Å²) in [5, 5.41) is 6.01. The second kappa shape index (κ2) is 8.04. The van der Waals surface area contributed by atoms with Crippen LogP contribution in [-0.4, -0.2) is 21.4 Å². The molecule has 0 radical (unpaired) electrons. The quantitative estimate of drug-likeness (QED) is 0.714. The van der Waals surface area contributed by atoms with E-state index in [9.17, 15) is 14.4 Å². The van der Waals surface area contributed by atoms with Crippen LogP contribution >= 0.6 is 0 Å². The molecule has 7 heteroatoms. The molecule has 2 aromatic carbocycles. The van der Waals surface area contributed by atoms with Crippen LogP contribution in [0.25, 0.3) is 10.9 Å². The molecule has 0 aliphatic heterocycles. The van der Waals surface area contributed by atoms with E-state index in [1.54, 1.807) is 36.4 Å². The van der Waals surface area contributed by atoms with Crippen LogP contribution in [0.3, 0.4) is 0 Å². The minimum absolute atomic E-state index is 0.0739. The molecule has 1 heterocycles. The highest BCUT2D eigenvalue weighted by molar-refractivity contribution is 5.93. The van der Waals surface area contributed by atoms with Gasteiger partial charge < -0.3 is 10.6 Å². The van der Waals surface area contributed by atoms with Crippen LogP contribution in [0.2, 0.25) is 0 Å². The number of anilines is 2. The van der Waals surface area contributed by atoms with Crippen LogP contribution in [0.5, 0.6) is 0 Å². The maximum atomic E-state index is 12.6. The largest absolute Gasteiger partial charge is 0.326 e. The van der Waals surface area contributed by atoms with Gasteiger partial charge in [0.1, 0.15) is 6.54 Å². The molecule has 0 unspecified atom stereocenters. The molecule has 0 atom stereocenters. The SMILES string of the molecule is Cc1cccc2c(=O)n(CC(=O)Nc3ccc(NC(=O)C(C)C)cc3)cnc12. The number of aryl methyl sites for hydroxylation is 1. The molecule has 0 aliphatic carbocycles. The lowest BCUT2D eigenvalue weighted by molar-refractivity contribution is -0.119.